The summed E-state index contributed by atoms with van der Waals surface area (Å²) in [6.07, 6.45) is 2.31. The van der Waals surface area contributed by atoms with E-state index in [9.17, 15) is 4.39 Å². The van der Waals surface area contributed by atoms with E-state index in [1.807, 2.05) is 12.1 Å². The predicted octanol–water partition coefficient (Wildman–Crippen LogP) is 3.19. The minimum absolute atomic E-state index is 0.123. The number of hydrogen-bond acceptors (Lipinski definition) is 3. The Morgan fingerprint density at radius 3 is 2.67 bits per heavy atom. The number of anilines is 1. The third-order valence-electron chi connectivity index (χ3n) is 4.34. The first kappa shape index (κ1) is 16.2. The summed E-state index contributed by atoms with van der Waals surface area (Å²) >= 11 is 0. The lowest BCUT2D eigenvalue weighted by Gasteiger charge is -2.39. The molecule has 1 aromatic carbocycles. The van der Waals surface area contributed by atoms with Crippen LogP contribution in [-0.4, -0.2) is 33.4 Å². The topological polar surface area (TPSA) is 24.5 Å². The van der Waals surface area contributed by atoms with Gasteiger partial charge in [0.25, 0.3) is 0 Å². The zero-order chi connectivity index (χ0) is 15.3. The molecule has 0 saturated carbocycles. The predicted molar refractivity (Wildman–Crippen MR) is 85.2 cm³/mol. The Bertz CT molecular complexity index is 452. The van der Waals surface area contributed by atoms with E-state index in [1.165, 1.54) is 0 Å². The minimum atomic E-state index is -0.123. The van der Waals surface area contributed by atoms with E-state index < -0.39 is 0 Å². The van der Waals surface area contributed by atoms with E-state index in [0.717, 1.165) is 43.7 Å². The van der Waals surface area contributed by atoms with E-state index in [1.54, 1.807) is 13.2 Å². The zero-order valence-corrected chi connectivity index (χ0v) is 13.4. The van der Waals surface area contributed by atoms with Crippen molar-refractivity contribution in [2.45, 2.75) is 33.2 Å². The number of methoxy groups -OCH3 is 1. The second kappa shape index (κ2) is 7.23. The molecule has 0 atom stereocenters. The maximum Gasteiger partial charge on any atom is 0.129 e. The van der Waals surface area contributed by atoms with Crippen molar-refractivity contribution < 1.29 is 9.13 Å². The van der Waals surface area contributed by atoms with Crippen LogP contribution in [-0.2, 0) is 11.3 Å². The number of nitrogens with one attached hydrogen (secondary N) is 1. The highest BCUT2D eigenvalue weighted by Gasteiger charge is 2.26. The van der Waals surface area contributed by atoms with Gasteiger partial charge in [-0.15, -0.1) is 0 Å². The summed E-state index contributed by atoms with van der Waals surface area (Å²) in [5.74, 6) is -0.123. The molecule has 1 aromatic rings. The molecule has 0 unspecified atom stereocenters. The number of benzene rings is 1. The van der Waals surface area contributed by atoms with Gasteiger partial charge in [-0.25, -0.2) is 4.39 Å². The molecule has 1 aliphatic rings. The number of piperidine rings is 1. The van der Waals surface area contributed by atoms with E-state index >= 15 is 0 Å². The second-order valence-electron chi connectivity index (χ2n) is 6.56. The van der Waals surface area contributed by atoms with Gasteiger partial charge in [0.2, 0.25) is 0 Å². The number of ether oxygens (including phenoxy) is 1. The molecule has 0 bridgehead atoms. The molecule has 2 rings (SSSR count). The van der Waals surface area contributed by atoms with Crippen molar-refractivity contribution in [1.29, 1.82) is 0 Å². The Kier molecular flexibility index (Phi) is 5.59. The maximum atomic E-state index is 14.2. The van der Waals surface area contributed by atoms with Crippen LogP contribution in [0.15, 0.2) is 18.2 Å². The smallest absolute Gasteiger partial charge is 0.129 e. The second-order valence-corrected chi connectivity index (χ2v) is 6.56. The van der Waals surface area contributed by atoms with Gasteiger partial charge in [0, 0.05) is 44.5 Å². The molecule has 4 heteroatoms. The first-order valence-electron chi connectivity index (χ1n) is 7.75. The Balaban J connectivity index is 2.06. The average Bonchev–Trinajstić information content (AvgIpc) is 2.45. The average molecular weight is 294 g/mol. The van der Waals surface area contributed by atoms with Crippen LogP contribution < -0.4 is 10.2 Å². The highest BCUT2D eigenvalue weighted by atomic mass is 19.1. The lowest BCUT2D eigenvalue weighted by atomic mass is 9.82. The van der Waals surface area contributed by atoms with Gasteiger partial charge < -0.3 is 15.0 Å². The Labute approximate surface area is 127 Å². The number of rotatable bonds is 6. The molecule has 118 valence electrons. The molecule has 1 aliphatic heterocycles. The first-order valence-corrected chi connectivity index (χ1v) is 7.75. The van der Waals surface area contributed by atoms with E-state index in [2.05, 4.69) is 24.1 Å². The van der Waals surface area contributed by atoms with Gasteiger partial charge in [-0.1, -0.05) is 19.9 Å². The third kappa shape index (κ3) is 4.42. The van der Waals surface area contributed by atoms with Crippen LogP contribution >= 0.6 is 0 Å². The quantitative estimate of drug-likeness (QED) is 0.816. The van der Waals surface area contributed by atoms with Crippen molar-refractivity contribution in [3.63, 3.8) is 0 Å². The summed E-state index contributed by atoms with van der Waals surface area (Å²) in [4.78, 5) is 2.32. The highest BCUT2D eigenvalue weighted by Crippen LogP contribution is 2.33. The lowest BCUT2D eigenvalue weighted by molar-refractivity contribution is 0.199. The van der Waals surface area contributed by atoms with Gasteiger partial charge in [-0.3, -0.25) is 0 Å². The summed E-state index contributed by atoms with van der Waals surface area (Å²) in [5.41, 5.74) is 2.21. The Hall–Kier alpha value is -1.13. The van der Waals surface area contributed by atoms with Crippen LogP contribution in [0, 0.1) is 11.2 Å². The van der Waals surface area contributed by atoms with Crippen molar-refractivity contribution in [3.8, 4) is 0 Å². The van der Waals surface area contributed by atoms with Gasteiger partial charge in [-0.2, -0.15) is 0 Å². The minimum Gasteiger partial charge on any atom is -0.383 e. The van der Waals surface area contributed by atoms with E-state index in [4.69, 9.17) is 4.74 Å². The van der Waals surface area contributed by atoms with Crippen LogP contribution in [0.5, 0.6) is 0 Å². The van der Waals surface area contributed by atoms with Gasteiger partial charge in [0.05, 0.1) is 6.61 Å². The Morgan fingerprint density at radius 1 is 1.29 bits per heavy atom. The first-order chi connectivity index (χ1) is 10.0. The molecule has 0 amide bonds. The van der Waals surface area contributed by atoms with Gasteiger partial charge in [-0.05, 0) is 30.4 Å². The van der Waals surface area contributed by atoms with Gasteiger partial charge in [0.15, 0.2) is 0 Å². The van der Waals surface area contributed by atoms with Crippen molar-refractivity contribution in [1.82, 2.24) is 5.32 Å². The molecule has 0 spiro atoms. The summed E-state index contributed by atoms with van der Waals surface area (Å²) < 4.78 is 19.2. The Morgan fingerprint density at radius 2 is 2.00 bits per heavy atom. The van der Waals surface area contributed by atoms with Crippen molar-refractivity contribution in [3.05, 3.63) is 29.6 Å². The fourth-order valence-electron chi connectivity index (χ4n) is 2.76. The number of halogens is 1. The monoisotopic (exact) mass is 294 g/mol. The van der Waals surface area contributed by atoms with Crippen LogP contribution in [0.25, 0.3) is 0 Å². The molecular formula is C17H27FN2O. The molecule has 1 heterocycles. The summed E-state index contributed by atoms with van der Waals surface area (Å²) in [7, 11) is 1.67. The van der Waals surface area contributed by atoms with Crippen LogP contribution in [0.2, 0.25) is 0 Å². The summed E-state index contributed by atoms with van der Waals surface area (Å²) in [6.45, 7) is 8.54. The van der Waals surface area contributed by atoms with Gasteiger partial charge >= 0.3 is 0 Å². The van der Waals surface area contributed by atoms with Crippen molar-refractivity contribution in [2.24, 2.45) is 5.41 Å². The zero-order valence-electron chi connectivity index (χ0n) is 13.4. The van der Waals surface area contributed by atoms with E-state index in [-0.39, 0.29) is 5.82 Å². The van der Waals surface area contributed by atoms with Gasteiger partial charge in [0.1, 0.15) is 5.82 Å². The summed E-state index contributed by atoms with van der Waals surface area (Å²) in [6, 6.07) is 5.39. The fraction of sp³-hybridized carbons (Fsp3) is 0.647. The largest absolute Gasteiger partial charge is 0.383 e. The molecule has 1 N–H and O–H groups in total. The number of nitrogens with zero attached hydrogens (tertiary/aromatic N) is 1. The van der Waals surface area contributed by atoms with Crippen molar-refractivity contribution in [2.75, 3.05) is 38.3 Å². The number of hydrogen-bond donors (Lipinski definition) is 1. The molecule has 21 heavy (non-hydrogen) atoms. The SMILES string of the molecule is COCCNCc1c(F)cccc1N1CCC(C)(C)CC1. The molecule has 3 nitrogen and oxygen atoms in total. The summed E-state index contributed by atoms with van der Waals surface area (Å²) in [5, 5.41) is 3.25. The van der Waals surface area contributed by atoms with Crippen LogP contribution in [0.1, 0.15) is 32.3 Å². The maximum absolute atomic E-state index is 14.2. The fourth-order valence-corrected chi connectivity index (χ4v) is 2.76. The van der Waals surface area contributed by atoms with Crippen LogP contribution in [0.4, 0.5) is 10.1 Å². The van der Waals surface area contributed by atoms with Crippen LogP contribution in [0.3, 0.4) is 0 Å². The third-order valence-corrected chi connectivity index (χ3v) is 4.34. The van der Waals surface area contributed by atoms with Crippen molar-refractivity contribution >= 4 is 5.69 Å². The van der Waals surface area contributed by atoms with E-state index in [0.29, 0.717) is 18.6 Å². The molecule has 0 aromatic heterocycles. The lowest BCUT2D eigenvalue weighted by Crippen LogP contribution is -2.38. The molecule has 1 fully saturated rings. The molecule has 1 saturated heterocycles. The highest BCUT2D eigenvalue weighted by molar-refractivity contribution is 5.54. The molecule has 0 radical (unpaired) electrons. The normalized spacial score (nSPS) is 18.0. The standard InChI is InChI=1S/C17H27FN2O/c1-17(2)7-10-20(11-8-17)16-6-4-5-15(18)14(16)13-19-9-12-21-3/h4-6,19H,7-13H2,1-3H3. The molecule has 0 aliphatic carbocycles. The molecular weight excluding hydrogens is 267 g/mol.